The maximum atomic E-state index is 15.8. The van der Waals surface area contributed by atoms with Gasteiger partial charge in [-0.25, -0.2) is 14.2 Å². The van der Waals surface area contributed by atoms with E-state index in [1.807, 2.05) is 49.6 Å². The van der Waals surface area contributed by atoms with E-state index in [1.54, 1.807) is 10.9 Å². The van der Waals surface area contributed by atoms with Gasteiger partial charge in [-0.05, 0) is 66.5 Å². The van der Waals surface area contributed by atoms with E-state index in [-0.39, 0.29) is 51.5 Å². The first-order valence-electron chi connectivity index (χ1n) is 17.4. The highest BCUT2D eigenvalue weighted by Gasteiger charge is 2.64. The van der Waals surface area contributed by atoms with Gasteiger partial charge in [0, 0.05) is 29.4 Å². The van der Waals surface area contributed by atoms with Gasteiger partial charge in [-0.2, -0.15) is 32.2 Å². The van der Waals surface area contributed by atoms with Crippen molar-refractivity contribution in [1.82, 2.24) is 25.3 Å². The van der Waals surface area contributed by atoms with Crippen LogP contribution in [-0.2, 0) is 9.97 Å². The number of carbonyl (C=O) groups is 2. The second-order valence-corrected chi connectivity index (χ2v) is 15.8. The minimum absolute atomic E-state index is 0.0658. The van der Waals surface area contributed by atoms with Crippen molar-refractivity contribution < 1.29 is 40.7 Å². The first-order valence-corrected chi connectivity index (χ1v) is 17.7. The Hall–Kier alpha value is -4.94. The molecular weight excluding hydrogens is 764 g/mol. The van der Waals surface area contributed by atoms with E-state index < -0.39 is 65.6 Å². The fraction of sp³-hybridized carbons (Fsp3) is 0.412. The lowest BCUT2D eigenvalue weighted by atomic mass is 9.49. The van der Waals surface area contributed by atoms with Crippen LogP contribution in [0.5, 0.6) is 0 Å². The predicted octanol–water partition coefficient (Wildman–Crippen LogP) is 4.45. The lowest BCUT2D eigenvalue weighted by molar-refractivity contribution is -0.164. The number of alkyl halides is 5. The Labute approximate surface area is 327 Å². The second-order valence-electron chi connectivity index (χ2n) is 15.4. The molecule has 2 aromatic carbocycles. The summed E-state index contributed by atoms with van der Waals surface area (Å²) in [7, 11) is 5.72. The van der Waals surface area contributed by atoms with Gasteiger partial charge in [0.2, 0.25) is 0 Å². The van der Waals surface area contributed by atoms with Crippen LogP contribution in [0.3, 0.4) is 0 Å². The summed E-state index contributed by atoms with van der Waals surface area (Å²) in [6.45, 7) is 4.97. The SMILES string of the molecule is BC(B)(B)n1cc(-c2ccc(C(=O)N(C(=N)NCCC(C)(C)C)[C@H](COC(=O)NC3(C(F)(F)F)CC3)c3ccc(Cl)c(N(/N=C\N=C)C(F)F)c3)cc2F)cn1. The monoisotopic (exact) mass is 805 g/mol. The van der Waals surface area contributed by atoms with Crippen molar-refractivity contribution in [3.05, 3.63) is 70.8 Å². The fourth-order valence-electron chi connectivity index (χ4n) is 5.42. The molecule has 0 saturated heterocycles. The molecule has 3 aromatic rings. The molecule has 0 unspecified atom stereocenters. The Kier molecular flexibility index (Phi) is 13.3. The quantitative estimate of drug-likeness (QED) is 0.0550. The van der Waals surface area contributed by atoms with Gasteiger partial charge >= 0.3 is 18.8 Å². The minimum Gasteiger partial charge on any atom is -0.447 e. The van der Waals surface area contributed by atoms with Crippen molar-refractivity contribution in [3.63, 3.8) is 0 Å². The topological polar surface area (TPSA) is 140 Å². The number of hydrogen-bond acceptors (Lipinski definition) is 7. The third-order valence-electron chi connectivity index (χ3n) is 8.79. The lowest BCUT2D eigenvalue weighted by Crippen LogP contribution is -2.50. The van der Waals surface area contributed by atoms with Crippen LogP contribution in [0, 0.1) is 16.6 Å². The summed E-state index contributed by atoms with van der Waals surface area (Å²) < 4.78 is 92.3. The third kappa shape index (κ3) is 10.7. The molecular formula is C34H41B3ClF6N9O3. The number of guanidine groups is 1. The van der Waals surface area contributed by atoms with Crippen molar-refractivity contribution in [3.8, 4) is 11.1 Å². The summed E-state index contributed by atoms with van der Waals surface area (Å²) in [5, 5.41) is 21.1. The molecule has 1 fully saturated rings. The minimum atomic E-state index is -4.78. The smallest absolute Gasteiger partial charge is 0.411 e. The summed E-state index contributed by atoms with van der Waals surface area (Å²) in [5.41, 5.74) is -2.95. The van der Waals surface area contributed by atoms with Crippen LogP contribution < -0.4 is 15.6 Å². The number of aliphatic imine (C=N–C) groups is 1. The van der Waals surface area contributed by atoms with E-state index in [9.17, 15) is 31.5 Å². The number of halogens is 7. The highest BCUT2D eigenvalue weighted by atomic mass is 35.5. The summed E-state index contributed by atoms with van der Waals surface area (Å²) in [4.78, 5) is 31.5. The van der Waals surface area contributed by atoms with E-state index in [1.165, 1.54) is 30.5 Å². The molecule has 22 heteroatoms. The van der Waals surface area contributed by atoms with E-state index in [0.29, 0.717) is 12.0 Å². The fourth-order valence-corrected chi connectivity index (χ4v) is 5.63. The van der Waals surface area contributed by atoms with Crippen LogP contribution in [0.1, 0.15) is 62.0 Å². The molecule has 1 aliphatic carbocycles. The number of nitrogens with one attached hydrogen (secondary N) is 3. The normalized spacial score (nSPS) is 14.6. The van der Waals surface area contributed by atoms with Gasteiger partial charge in [0.05, 0.1) is 22.9 Å². The number of aromatic nitrogens is 2. The average molecular weight is 806 g/mol. The van der Waals surface area contributed by atoms with Crippen molar-refractivity contribution >= 4 is 71.8 Å². The number of alkyl carbamates (subject to hydrolysis) is 1. The van der Waals surface area contributed by atoms with Gasteiger partial charge in [-0.15, -0.1) is 0 Å². The highest BCUT2D eigenvalue weighted by molar-refractivity contribution is 6.56. The lowest BCUT2D eigenvalue weighted by Gasteiger charge is -2.33. The highest BCUT2D eigenvalue weighted by Crippen LogP contribution is 2.49. The largest absolute Gasteiger partial charge is 0.447 e. The molecule has 1 saturated carbocycles. The van der Waals surface area contributed by atoms with Crippen molar-refractivity contribution in [2.24, 2.45) is 15.5 Å². The molecule has 1 heterocycles. The third-order valence-corrected chi connectivity index (χ3v) is 9.11. The van der Waals surface area contributed by atoms with Crippen molar-refractivity contribution in [2.75, 3.05) is 18.2 Å². The number of hydrazone groups is 1. The number of nitrogens with zero attached hydrogens (tertiary/aromatic N) is 6. The van der Waals surface area contributed by atoms with Crippen LogP contribution in [0.25, 0.3) is 11.1 Å². The van der Waals surface area contributed by atoms with Crippen LogP contribution >= 0.6 is 11.6 Å². The average Bonchev–Trinajstić information content (AvgIpc) is 3.71. The molecule has 2 amide bonds. The van der Waals surface area contributed by atoms with Crippen LogP contribution in [0.4, 0.5) is 36.8 Å². The molecule has 3 N–H and O–H groups in total. The van der Waals surface area contributed by atoms with E-state index >= 15 is 4.39 Å². The van der Waals surface area contributed by atoms with Gasteiger partial charge in [-0.1, -0.05) is 44.5 Å². The van der Waals surface area contributed by atoms with E-state index in [4.69, 9.17) is 21.7 Å². The van der Waals surface area contributed by atoms with Crippen molar-refractivity contribution in [1.29, 1.82) is 5.41 Å². The molecule has 4 rings (SSSR count). The number of amides is 2. The van der Waals surface area contributed by atoms with E-state index in [0.717, 1.165) is 23.4 Å². The first-order chi connectivity index (χ1) is 26.0. The number of anilines is 1. The first kappa shape index (κ1) is 43.8. The Balaban J connectivity index is 1.83. The number of hydrogen-bond donors (Lipinski definition) is 3. The van der Waals surface area contributed by atoms with Crippen LogP contribution in [-0.4, -0.2) is 101 Å². The summed E-state index contributed by atoms with van der Waals surface area (Å²) in [5.74, 6) is -2.40. The molecule has 12 nitrogen and oxygen atoms in total. The maximum Gasteiger partial charge on any atom is 0.411 e. The molecule has 0 spiro atoms. The molecule has 1 atom stereocenters. The van der Waals surface area contributed by atoms with Crippen LogP contribution in [0.15, 0.2) is 58.9 Å². The number of rotatable bonds is 14. The van der Waals surface area contributed by atoms with Gasteiger partial charge < -0.3 is 15.4 Å². The molecule has 0 bridgehead atoms. The molecule has 0 radical (unpaired) electrons. The Morgan fingerprint density at radius 1 is 1.16 bits per heavy atom. The number of benzene rings is 2. The Bertz CT molecular complexity index is 1970. The van der Waals surface area contributed by atoms with Gasteiger partial charge in [0.25, 0.3) is 5.91 Å². The standard InChI is InChI=1S/C34H41B3ClF6N9O3/c1-31(2,3)11-12-47-29(45)52(27(54)20-5-7-22(24(39)13-20)21-15-48-51(16-21)34(35,36)37)26(17-56-30(55)50-32(9-10-32)33(42,43)44)19-6-8-23(38)25(14-19)53(28(40)41)49-18-46-4/h5-8,13-16,18,26,28H,4,9-12,17,35-37H2,1-3H3,(H2,45,47)(H,50,55)/b49-18-/t26-/m1/s1. The zero-order valence-electron chi connectivity index (χ0n) is 31.6. The summed E-state index contributed by atoms with van der Waals surface area (Å²) >= 11 is 6.31. The number of ether oxygens (including phenoxy) is 1. The Morgan fingerprint density at radius 3 is 2.38 bits per heavy atom. The summed E-state index contributed by atoms with van der Waals surface area (Å²) in [6, 6.07) is 5.55. The predicted molar refractivity (Wildman–Crippen MR) is 210 cm³/mol. The van der Waals surface area contributed by atoms with E-state index in [2.05, 4.69) is 27.2 Å². The second kappa shape index (κ2) is 17.1. The van der Waals surface area contributed by atoms with Gasteiger partial charge in [0.15, 0.2) is 5.96 Å². The van der Waals surface area contributed by atoms with Crippen LogP contribution in [0.2, 0.25) is 5.02 Å². The zero-order valence-corrected chi connectivity index (χ0v) is 32.4. The Morgan fingerprint density at radius 2 is 1.84 bits per heavy atom. The molecule has 1 aliphatic rings. The molecule has 1 aromatic heterocycles. The zero-order chi connectivity index (χ0) is 41.8. The van der Waals surface area contributed by atoms with Crippen molar-refractivity contribution in [2.45, 2.75) is 69.6 Å². The number of carbonyl (C=O) groups excluding carboxylic acids is 2. The molecule has 0 aliphatic heterocycles. The maximum absolute atomic E-state index is 15.8. The molecule has 298 valence electrons. The van der Waals surface area contributed by atoms with Gasteiger partial charge in [-0.3, -0.25) is 24.8 Å². The van der Waals surface area contributed by atoms with Gasteiger partial charge in [0.1, 0.15) is 47.8 Å². The summed E-state index contributed by atoms with van der Waals surface area (Å²) in [6.07, 6.45) is -2.71. The molecule has 56 heavy (non-hydrogen) atoms.